The summed E-state index contributed by atoms with van der Waals surface area (Å²) < 4.78 is 0. The molecule has 4 heteroatoms. The molecular formula is C8H9N3O. The summed E-state index contributed by atoms with van der Waals surface area (Å²) in [4.78, 5) is 21.3. The van der Waals surface area contributed by atoms with Gasteiger partial charge in [0.1, 0.15) is 0 Å². The Hall–Kier alpha value is -1.54. The van der Waals surface area contributed by atoms with Gasteiger partial charge in [-0.3, -0.25) is 9.97 Å². The van der Waals surface area contributed by atoms with Crippen LogP contribution in [0.3, 0.4) is 0 Å². The average molecular weight is 163 g/mol. The van der Waals surface area contributed by atoms with Crippen LogP contribution < -0.4 is 0 Å². The summed E-state index contributed by atoms with van der Waals surface area (Å²) in [5.74, 6) is 0. The molecule has 0 saturated carbocycles. The third kappa shape index (κ3) is 2.60. The molecule has 1 rings (SSSR count). The van der Waals surface area contributed by atoms with Crippen LogP contribution in [0.2, 0.25) is 0 Å². The summed E-state index contributed by atoms with van der Waals surface area (Å²) >= 11 is 0. The number of aliphatic imine (C=N–C) groups is 1. The predicted octanol–water partition coefficient (Wildman–Crippen LogP) is 0.663. The standard InChI is InChI=1S/C8H9N3O/c1-7-4-11-8(5-10-7)2-3-9-6-12/h4-5H,2-3H2,1H3. The molecular weight excluding hydrogens is 154 g/mol. The van der Waals surface area contributed by atoms with E-state index in [0.29, 0.717) is 13.0 Å². The highest BCUT2D eigenvalue weighted by Gasteiger charge is 1.92. The zero-order valence-electron chi connectivity index (χ0n) is 6.82. The smallest absolute Gasteiger partial charge is 0.234 e. The van der Waals surface area contributed by atoms with Gasteiger partial charge in [-0.1, -0.05) is 0 Å². The van der Waals surface area contributed by atoms with Crippen LogP contribution in [0, 0.1) is 6.92 Å². The summed E-state index contributed by atoms with van der Waals surface area (Å²) in [5.41, 5.74) is 1.73. The van der Waals surface area contributed by atoms with Crippen molar-refractivity contribution < 1.29 is 4.79 Å². The SMILES string of the molecule is Cc1cnc(CCN=C=O)cn1. The van der Waals surface area contributed by atoms with Crippen LogP contribution in [-0.2, 0) is 11.2 Å². The maximum absolute atomic E-state index is 9.72. The lowest BCUT2D eigenvalue weighted by Crippen LogP contribution is -1.95. The second-order valence-corrected chi connectivity index (χ2v) is 2.37. The first-order valence-electron chi connectivity index (χ1n) is 3.64. The molecule has 0 bridgehead atoms. The molecule has 0 saturated heterocycles. The Morgan fingerprint density at radius 1 is 1.50 bits per heavy atom. The van der Waals surface area contributed by atoms with Crippen molar-refractivity contribution >= 4 is 6.08 Å². The normalized spacial score (nSPS) is 9.08. The first kappa shape index (κ1) is 8.56. The third-order valence-electron chi connectivity index (χ3n) is 1.38. The topological polar surface area (TPSA) is 55.2 Å². The molecule has 0 N–H and O–H groups in total. The summed E-state index contributed by atoms with van der Waals surface area (Å²) in [6, 6.07) is 0. The summed E-state index contributed by atoms with van der Waals surface area (Å²) in [6.07, 6.45) is 5.50. The summed E-state index contributed by atoms with van der Waals surface area (Å²) in [5, 5.41) is 0. The van der Waals surface area contributed by atoms with Gasteiger partial charge in [0.25, 0.3) is 0 Å². The minimum Gasteiger partial charge on any atom is -0.258 e. The Kier molecular flexibility index (Phi) is 3.11. The molecule has 0 aliphatic rings. The number of carbonyl (C=O) groups excluding carboxylic acids is 1. The minimum absolute atomic E-state index is 0.432. The summed E-state index contributed by atoms with van der Waals surface area (Å²) in [6.45, 7) is 2.31. The quantitative estimate of drug-likeness (QED) is 0.486. The van der Waals surface area contributed by atoms with Gasteiger partial charge in [0.2, 0.25) is 6.08 Å². The number of aryl methyl sites for hydroxylation is 1. The van der Waals surface area contributed by atoms with Crippen LogP contribution in [0.1, 0.15) is 11.4 Å². The Balaban J connectivity index is 2.53. The van der Waals surface area contributed by atoms with E-state index in [0.717, 1.165) is 11.4 Å². The molecule has 4 nitrogen and oxygen atoms in total. The van der Waals surface area contributed by atoms with Crippen molar-refractivity contribution in [3.05, 3.63) is 23.8 Å². The van der Waals surface area contributed by atoms with Crippen molar-refractivity contribution in [2.75, 3.05) is 6.54 Å². The van der Waals surface area contributed by atoms with E-state index in [-0.39, 0.29) is 0 Å². The number of rotatable bonds is 3. The van der Waals surface area contributed by atoms with Gasteiger partial charge in [-0.25, -0.2) is 9.79 Å². The fraction of sp³-hybridized carbons (Fsp3) is 0.375. The molecule has 0 aliphatic carbocycles. The Morgan fingerprint density at radius 2 is 2.33 bits per heavy atom. The lowest BCUT2D eigenvalue weighted by atomic mass is 10.3. The zero-order valence-corrected chi connectivity index (χ0v) is 6.82. The van der Waals surface area contributed by atoms with Gasteiger partial charge in [0, 0.05) is 18.8 Å². The molecule has 0 atom stereocenters. The van der Waals surface area contributed by atoms with Crippen molar-refractivity contribution in [2.45, 2.75) is 13.3 Å². The van der Waals surface area contributed by atoms with E-state index in [2.05, 4.69) is 15.0 Å². The largest absolute Gasteiger partial charge is 0.258 e. The number of isocyanates is 1. The molecule has 0 spiro atoms. The van der Waals surface area contributed by atoms with Crippen LogP contribution in [0.15, 0.2) is 17.4 Å². The second-order valence-electron chi connectivity index (χ2n) is 2.37. The van der Waals surface area contributed by atoms with E-state index in [1.54, 1.807) is 12.4 Å². The van der Waals surface area contributed by atoms with Gasteiger partial charge in [-0.05, 0) is 6.92 Å². The fourth-order valence-corrected chi connectivity index (χ4v) is 0.765. The molecule has 0 aromatic carbocycles. The van der Waals surface area contributed by atoms with Crippen molar-refractivity contribution in [3.63, 3.8) is 0 Å². The minimum atomic E-state index is 0.432. The molecule has 62 valence electrons. The fourth-order valence-electron chi connectivity index (χ4n) is 0.765. The number of hydrogen-bond donors (Lipinski definition) is 0. The lowest BCUT2D eigenvalue weighted by Gasteiger charge is -1.95. The first-order chi connectivity index (χ1) is 5.83. The second kappa shape index (κ2) is 4.36. The van der Waals surface area contributed by atoms with Crippen molar-refractivity contribution in [1.82, 2.24) is 9.97 Å². The molecule has 1 aromatic rings. The van der Waals surface area contributed by atoms with E-state index in [1.165, 1.54) is 6.08 Å². The van der Waals surface area contributed by atoms with Crippen molar-refractivity contribution in [3.8, 4) is 0 Å². The predicted molar refractivity (Wildman–Crippen MR) is 43.5 cm³/mol. The Morgan fingerprint density at radius 3 is 2.92 bits per heavy atom. The van der Waals surface area contributed by atoms with E-state index < -0.39 is 0 Å². The maximum Gasteiger partial charge on any atom is 0.234 e. The molecule has 0 aliphatic heterocycles. The lowest BCUT2D eigenvalue weighted by molar-refractivity contribution is 0.563. The molecule has 0 fully saturated rings. The molecule has 1 aromatic heterocycles. The van der Waals surface area contributed by atoms with Gasteiger partial charge in [0.05, 0.1) is 17.9 Å². The van der Waals surface area contributed by atoms with Gasteiger partial charge in [-0.15, -0.1) is 0 Å². The zero-order chi connectivity index (χ0) is 8.81. The van der Waals surface area contributed by atoms with Gasteiger partial charge in [0.15, 0.2) is 0 Å². The molecule has 12 heavy (non-hydrogen) atoms. The van der Waals surface area contributed by atoms with Crippen LogP contribution in [-0.4, -0.2) is 22.6 Å². The highest BCUT2D eigenvalue weighted by atomic mass is 16.1. The monoisotopic (exact) mass is 163 g/mol. The molecule has 0 radical (unpaired) electrons. The van der Waals surface area contributed by atoms with E-state index in [4.69, 9.17) is 0 Å². The van der Waals surface area contributed by atoms with E-state index in [9.17, 15) is 4.79 Å². The maximum atomic E-state index is 9.72. The van der Waals surface area contributed by atoms with Gasteiger partial charge >= 0.3 is 0 Å². The number of hydrogen-bond acceptors (Lipinski definition) is 4. The number of nitrogens with zero attached hydrogens (tertiary/aromatic N) is 3. The summed E-state index contributed by atoms with van der Waals surface area (Å²) in [7, 11) is 0. The van der Waals surface area contributed by atoms with E-state index >= 15 is 0 Å². The van der Waals surface area contributed by atoms with Crippen molar-refractivity contribution in [2.24, 2.45) is 4.99 Å². The number of aromatic nitrogens is 2. The third-order valence-corrected chi connectivity index (χ3v) is 1.38. The van der Waals surface area contributed by atoms with Crippen LogP contribution in [0.5, 0.6) is 0 Å². The van der Waals surface area contributed by atoms with Crippen molar-refractivity contribution in [1.29, 1.82) is 0 Å². The highest BCUT2D eigenvalue weighted by molar-refractivity contribution is 5.32. The van der Waals surface area contributed by atoms with Crippen LogP contribution in [0.4, 0.5) is 0 Å². The van der Waals surface area contributed by atoms with Gasteiger partial charge < -0.3 is 0 Å². The first-order valence-corrected chi connectivity index (χ1v) is 3.64. The van der Waals surface area contributed by atoms with Crippen LogP contribution in [0.25, 0.3) is 0 Å². The van der Waals surface area contributed by atoms with Crippen LogP contribution >= 0.6 is 0 Å². The molecule has 1 heterocycles. The van der Waals surface area contributed by atoms with Gasteiger partial charge in [-0.2, -0.15) is 0 Å². The molecule has 0 amide bonds. The average Bonchev–Trinajstić information content (AvgIpc) is 2.09. The Bertz CT molecular complexity index is 288. The molecule has 0 unspecified atom stereocenters. The van der Waals surface area contributed by atoms with E-state index in [1.807, 2.05) is 6.92 Å². The Labute approximate surface area is 70.4 Å². The highest BCUT2D eigenvalue weighted by Crippen LogP contribution is 1.94.